The van der Waals surface area contributed by atoms with Crippen LogP contribution < -0.4 is 5.32 Å². The van der Waals surface area contributed by atoms with Crippen LogP contribution in [-0.4, -0.2) is 6.54 Å². The molecule has 1 aliphatic rings. The van der Waals surface area contributed by atoms with Gasteiger partial charge in [0, 0.05) is 22.4 Å². The molecule has 0 saturated carbocycles. The number of hydrogen-bond acceptors (Lipinski definition) is 2. The van der Waals surface area contributed by atoms with Crippen molar-refractivity contribution >= 4 is 11.3 Å². The van der Waals surface area contributed by atoms with Crippen LogP contribution in [0.4, 0.5) is 0 Å². The van der Waals surface area contributed by atoms with Gasteiger partial charge >= 0.3 is 0 Å². The molecule has 1 aromatic heterocycles. The summed E-state index contributed by atoms with van der Waals surface area (Å²) in [6.07, 6.45) is 0. The maximum absolute atomic E-state index is 3.60. The van der Waals surface area contributed by atoms with E-state index in [1.54, 1.807) is 4.88 Å². The molecule has 1 nitrogen and oxygen atoms in total. The first-order valence-corrected chi connectivity index (χ1v) is 5.65. The third-order valence-corrected chi connectivity index (χ3v) is 4.21. The van der Waals surface area contributed by atoms with Crippen LogP contribution >= 0.6 is 11.3 Å². The molecule has 0 fully saturated rings. The van der Waals surface area contributed by atoms with Crippen molar-refractivity contribution in [3.05, 3.63) is 21.9 Å². The highest BCUT2D eigenvalue weighted by atomic mass is 32.1. The quantitative estimate of drug-likeness (QED) is 0.671. The van der Waals surface area contributed by atoms with E-state index in [0.717, 1.165) is 6.54 Å². The van der Waals surface area contributed by atoms with Gasteiger partial charge in [-0.05, 0) is 30.9 Å². The Hall–Kier alpha value is -0.340. The SMILES string of the molecule is CC1(C)CNC(C)(C)c2ccsc21. The van der Waals surface area contributed by atoms with Crippen LogP contribution in [0.5, 0.6) is 0 Å². The molecule has 1 aliphatic heterocycles. The van der Waals surface area contributed by atoms with Crippen LogP contribution in [0, 0.1) is 0 Å². The molecule has 1 aromatic rings. The number of rotatable bonds is 0. The first kappa shape index (κ1) is 9.22. The van der Waals surface area contributed by atoms with Gasteiger partial charge in [0.15, 0.2) is 0 Å². The highest BCUT2D eigenvalue weighted by Crippen LogP contribution is 2.40. The Balaban J connectivity index is 2.56. The lowest BCUT2D eigenvalue weighted by molar-refractivity contribution is 0.313. The van der Waals surface area contributed by atoms with Gasteiger partial charge in [-0.25, -0.2) is 0 Å². The van der Waals surface area contributed by atoms with Crippen LogP contribution in [0.3, 0.4) is 0 Å². The molecule has 0 bridgehead atoms. The van der Waals surface area contributed by atoms with Gasteiger partial charge in [0.25, 0.3) is 0 Å². The average molecular weight is 195 g/mol. The smallest absolute Gasteiger partial charge is 0.0389 e. The van der Waals surface area contributed by atoms with Crippen molar-refractivity contribution < 1.29 is 0 Å². The molecule has 13 heavy (non-hydrogen) atoms. The van der Waals surface area contributed by atoms with Crippen molar-refractivity contribution in [2.45, 2.75) is 38.6 Å². The minimum Gasteiger partial charge on any atom is -0.307 e. The lowest BCUT2D eigenvalue weighted by Gasteiger charge is -2.40. The van der Waals surface area contributed by atoms with Gasteiger partial charge in [-0.3, -0.25) is 0 Å². The number of hydrogen-bond donors (Lipinski definition) is 1. The normalized spacial score (nSPS) is 24.0. The molecule has 0 atom stereocenters. The summed E-state index contributed by atoms with van der Waals surface area (Å²) in [7, 11) is 0. The zero-order valence-corrected chi connectivity index (χ0v) is 9.59. The third-order valence-electron chi connectivity index (χ3n) is 2.93. The maximum Gasteiger partial charge on any atom is 0.0389 e. The summed E-state index contributed by atoms with van der Waals surface area (Å²) in [6.45, 7) is 10.2. The van der Waals surface area contributed by atoms with Crippen LogP contribution in [0.25, 0.3) is 0 Å². The topological polar surface area (TPSA) is 12.0 Å². The van der Waals surface area contributed by atoms with Crippen molar-refractivity contribution in [1.82, 2.24) is 5.32 Å². The van der Waals surface area contributed by atoms with E-state index >= 15 is 0 Å². The Morgan fingerprint density at radius 2 is 2.00 bits per heavy atom. The number of nitrogens with one attached hydrogen (secondary N) is 1. The second kappa shape index (κ2) is 2.58. The van der Waals surface area contributed by atoms with Gasteiger partial charge in [0.05, 0.1) is 0 Å². The maximum atomic E-state index is 3.60. The van der Waals surface area contributed by atoms with Crippen LogP contribution in [0.2, 0.25) is 0 Å². The Morgan fingerprint density at radius 1 is 1.31 bits per heavy atom. The number of thiophene rings is 1. The summed E-state index contributed by atoms with van der Waals surface area (Å²) in [5, 5.41) is 5.81. The van der Waals surface area contributed by atoms with Crippen molar-refractivity contribution in [2.75, 3.05) is 6.54 Å². The van der Waals surface area contributed by atoms with Crippen LogP contribution in [-0.2, 0) is 11.0 Å². The predicted molar refractivity (Wildman–Crippen MR) is 58.4 cm³/mol. The summed E-state index contributed by atoms with van der Waals surface area (Å²) in [5.41, 5.74) is 1.94. The van der Waals surface area contributed by atoms with Crippen molar-refractivity contribution in [3.63, 3.8) is 0 Å². The molecular weight excluding hydrogens is 178 g/mol. The van der Waals surface area contributed by atoms with E-state index in [1.807, 2.05) is 11.3 Å². The molecule has 0 spiro atoms. The fourth-order valence-electron chi connectivity index (χ4n) is 1.94. The summed E-state index contributed by atoms with van der Waals surface area (Å²) < 4.78 is 0. The third kappa shape index (κ3) is 1.32. The minimum absolute atomic E-state index is 0.158. The van der Waals surface area contributed by atoms with E-state index < -0.39 is 0 Å². The minimum atomic E-state index is 0.158. The van der Waals surface area contributed by atoms with Gasteiger partial charge in [-0.1, -0.05) is 13.8 Å². The second-order valence-electron chi connectivity index (χ2n) is 5.03. The first-order chi connectivity index (χ1) is 5.93. The Labute approximate surface area is 84.2 Å². The fourth-order valence-corrected chi connectivity index (χ4v) is 3.12. The van der Waals surface area contributed by atoms with E-state index in [4.69, 9.17) is 0 Å². The zero-order chi connectivity index (χ0) is 9.69. The van der Waals surface area contributed by atoms with Gasteiger partial charge in [-0.15, -0.1) is 11.3 Å². The molecule has 2 heterocycles. The molecule has 0 radical (unpaired) electrons. The molecule has 2 heteroatoms. The molecule has 72 valence electrons. The first-order valence-electron chi connectivity index (χ1n) is 4.77. The summed E-state index contributed by atoms with van der Waals surface area (Å²) in [5.74, 6) is 0. The zero-order valence-electron chi connectivity index (χ0n) is 8.77. The van der Waals surface area contributed by atoms with Crippen LogP contribution in [0.1, 0.15) is 38.1 Å². The van der Waals surface area contributed by atoms with Crippen LogP contribution in [0.15, 0.2) is 11.4 Å². The van der Waals surface area contributed by atoms with Gasteiger partial charge in [-0.2, -0.15) is 0 Å². The van der Waals surface area contributed by atoms with E-state index in [0.29, 0.717) is 5.41 Å². The van der Waals surface area contributed by atoms with Crippen molar-refractivity contribution in [2.24, 2.45) is 0 Å². The van der Waals surface area contributed by atoms with E-state index in [2.05, 4.69) is 44.5 Å². The monoisotopic (exact) mass is 195 g/mol. The highest BCUT2D eigenvalue weighted by Gasteiger charge is 2.37. The lowest BCUT2D eigenvalue weighted by atomic mass is 9.78. The van der Waals surface area contributed by atoms with Gasteiger partial charge in [0.2, 0.25) is 0 Å². The summed E-state index contributed by atoms with van der Waals surface area (Å²) in [4.78, 5) is 1.55. The molecule has 0 aliphatic carbocycles. The molecule has 0 amide bonds. The standard InChI is InChI=1S/C11H17NS/c1-10(2)7-12-11(3,4)8-5-6-13-9(8)10/h5-6,12H,7H2,1-4H3. The molecule has 0 saturated heterocycles. The predicted octanol–water partition coefficient (Wildman–Crippen LogP) is 2.86. The second-order valence-corrected chi connectivity index (χ2v) is 5.94. The fraction of sp³-hybridized carbons (Fsp3) is 0.636. The van der Waals surface area contributed by atoms with Crippen molar-refractivity contribution in [1.29, 1.82) is 0 Å². The molecule has 1 N–H and O–H groups in total. The molecule has 0 aromatic carbocycles. The summed E-state index contributed by atoms with van der Waals surface area (Å²) in [6, 6.07) is 2.26. The number of fused-ring (bicyclic) bond motifs is 1. The van der Waals surface area contributed by atoms with Crippen molar-refractivity contribution in [3.8, 4) is 0 Å². The molecule has 0 unspecified atom stereocenters. The summed E-state index contributed by atoms with van der Waals surface area (Å²) >= 11 is 1.89. The highest BCUT2D eigenvalue weighted by molar-refractivity contribution is 7.10. The Morgan fingerprint density at radius 3 is 2.62 bits per heavy atom. The van der Waals surface area contributed by atoms with E-state index in [-0.39, 0.29) is 5.54 Å². The Kier molecular flexibility index (Phi) is 1.83. The Bertz CT molecular complexity index is 292. The van der Waals surface area contributed by atoms with E-state index in [9.17, 15) is 0 Å². The van der Waals surface area contributed by atoms with E-state index in [1.165, 1.54) is 5.56 Å². The van der Waals surface area contributed by atoms with Gasteiger partial charge < -0.3 is 5.32 Å². The average Bonchev–Trinajstić information content (AvgIpc) is 2.48. The van der Waals surface area contributed by atoms with Gasteiger partial charge in [0.1, 0.15) is 0 Å². The molecule has 2 rings (SSSR count). The lowest BCUT2D eigenvalue weighted by Crippen LogP contribution is -2.49. The largest absolute Gasteiger partial charge is 0.307 e. The molecular formula is C11H17NS.